The molecular weight excluding hydrogens is 304 g/mol. The van der Waals surface area contributed by atoms with Crippen molar-refractivity contribution in [1.29, 1.82) is 0 Å². The van der Waals surface area contributed by atoms with E-state index in [2.05, 4.69) is 15.4 Å². The Hall–Kier alpha value is -3.34. The van der Waals surface area contributed by atoms with Crippen LogP contribution in [0.15, 0.2) is 66.7 Å². The third kappa shape index (κ3) is 3.35. The lowest BCUT2D eigenvalue weighted by molar-refractivity contribution is 0.0600. The summed E-state index contributed by atoms with van der Waals surface area (Å²) < 4.78 is 4.67. The van der Waals surface area contributed by atoms with Crippen molar-refractivity contribution in [3.63, 3.8) is 0 Å². The summed E-state index contributed by atoms with van der Waals surface area (Å²) in [6, 6.07) is 19.7. The van der Waals surface area contributed by atoms with Crippen LogP contribution in [-0.4, -0.2) is 19.1 Å². The van der Waals surface area contributed by atoms with Crippen molar-refractivity contribution < 1.29 is 14.3 Å². The van der Waals surface area contributed by atoms with Gasteiger partial charge in [-0.05, 0) is 29.7 Å². The number of ether oxygens (including phenoxy) is 1. The van der Waals surface area contributed by atoms with Crippen LogP contribution in [0.5, 0.6) is 0 Å². The van der Waals surface area contributed by atoms with E-state index in [0.717, 1.165) is 16.5 Å². The molecule has 3 rings (SSSR count). The number of hydrogen-bond donors (Lipinski definition) is 2. The Bertz CT molecular complexity index is 901. The fraction of sp³-hybridized carbons (Fsp3) is 0.0526. The summed E-state index contributed by atoms with van der Waals surface area (Å²) in [5.74, 6) is -0.451. The molecule has 0 bridgehead atoms. The lowest BCUT2D eigenvalue weighted by Gasteiger charge is -2.10. The molecule has 2 N–H and O–H groups in total. The number of rotatable bonds is 3. The van der Waals surface area contributed by atoms with E-state index in [1.807, 2.05) is 42.5 Å². The first-order valence-electron chi connectivity index (χ1n) is 7.41. The standard InChI is InChI=1S/C19H16N2O3/c1-24-18(22)14-8-4-9-15(12-14)20-19(23)21-17-11-5-7-13-6-2-3-10-16(13)17/h2-12H,1H3,(H2,20,21,23). The Morgan fingerprint density at radius 3 is 2.46 bits per heavy atom. The van der Waals surface area contributed by atoms with Gasteiger partial charge in [-0.2, -0.15) is 0 Å². The number of benzene rings is 3. The van der Waals surface area contributed by atoms with Crippen molar-refractivity contribution in [2.75, 3.05) is 17.7 Å². The van der Waals surface area contributed by atoms with Gasteiger partial charge >= 0.3 is 12.0 Å². The van der Waals surface area contributed by atoms with Crippen molar-refractivity contribution >= 4 is 34.1 Å². The zero-order valence-corrected chi connectivity index (χ0v) is 13.1. The summed E-state index contributed by atoms with van der Waals surface area (Å²) in [6.45, 7) is 0. The second-order valence-corrected chi connectivity index (χ2v) is 5.18. The van der Waals surface area contributed by atoms with Gasteiger partial charge in [0.2, 0.25) is 0 Å². The van der Waals surface area contributed by atoms with E-state index < -0.39 is 5.97 Å². The molecule has 0 aromatic heterocycles. The van der Waals surface area contributed by atoms with E-state index >= 15 is 0 Å². The van der Waals surface area contributed by atoms with Gasteiger partial charge in [0, 0.05) is 11.1 Å². The van der Waals surface area contributed by atoms with Crippen LogP contribution in [0.2, 0.25) is 0 Å². The molecule has 0 spiro atoms. The van der Waals surface area contributed by atoms with Gasteiger partial charge < -0.3 is 15.4 Å². The molecule has 0 heterocycles. The van der Waals surface area contributed by atoms with Crippen molar-refractivity contribution in [3.05, 3.63) is 72.3 Å². The predicted octanol–water partition coefficient (Wildman–Crippen LogP) is 4.27. The second-order valence-electron chi connectivity index (χ2n) is 5.18. The summed E-state index contributed by atoms with van der Waals surface area (Å²) in [5.41, 5.74) is 1.60. The molecule has 0 saturated carbocycles. The molecule has 24 heavy (non-hydrogen) atoms. The molecule has 0 saturated heterocycles. The fourth-order valence-corrected chi connectivity index (χ4v) is 2.46. The monoisotopic (exact) mass is 320 g/mol. The van der Waals surface area contributed by atoms with Crippen LogP contribution in [-0.2, 0) is 4.74 Å². The zero-order valence-electron chi connectivity index (χ0n) is 13.1. The molecule has 0 aliphatic heterocycles. The maximum absolute atomic E-state index is 12.2. The van der Waals surface area contributed by atoms with Gasteiger partial charge in [0.05, 0.1) is 18.4 Å². The Morgan fingerprint density at radius 1 is 0.875 bits per heavy atom. The molecular formula is C19H16N2O3. The molecule has 2 amide bonds. The minimum Gasteiger partial charge on any atom is -0.465 e. The zero-order chi connectivity index (χ0) is 16.9. The number of carbonyl (C=O) groups excluding carboxylic acids is 2. The Kier molecular flexibility index (Phi) is 4.43. The average Bonchev–Trinajstić information content (AvgIpc) is 2.61. The van der Waals surface area contributed by atoms with Gasteiger partial charge in [-0.25, -0.2) is 9.59 Å². The highest BCUT2D eigenvalue weighted by molar-refractivity contribution is 6.06. The normalized spacial score (nSPS) is 10.2. The van der Waals surface area contributed by atoms with Gasteiger partial charge in [-0.15, -0.1) is 0 Å². The average molecular weight is 320 g/mol. The lowest BCUT2D eigenvalue weighted by atomic mass is 10.1. The molecule has 0 aliphatic rings. The van der Waals surface area contributed by atoms with Gasteiger partial charge in [0.25, 0.3) is 0 Å². The van der Waals surface area contributed by atoms with Crippen molar-refractivity contribution in [3.8, 4) is 0 Å². The minimum atomic E-state index is -0.451. The summed E-state index contributed by atoms with van der Waals surface area (Å²) in [7, 11) is 1.32. The van der Waals surface area contributed by atoms with Crippen LogP contribution < -0.4 is 10.6 Å². The van der Waals surface area contributed by atoms with Crippen LogP contribution in [0.3, 0.4) is 0 Å². The third-order valence-corrected chi connectivity index (χ3v) is 3.58. The lowest BCUT2D eigenvalue weighted by Crippen LogP contribution is -2.19. The molecule has 3 aromatic rings. The number of nitrogens with one attached hydrogen (secondary N) is 2. The molecule has 3 aromatic carbocycles. The molecule has 120 valence electrons. The van der Waals surface area contributed by atoms with Gasteiger partial charge in [-0.3, -0.25) is 0 Å². The summed E-state index contributed by atoms with van der Waals surface area (Å²) in [5, 5.41) is 7.55. The van der Waals surface area contributed by atoms with Crippen LogP contribution >= 0.6 is 0 Å². The van der Waals surface area contributed by atoms with E-state index in [4.69, 9.17) is 0 Å². The SMILES string of the molecule is COC(=O)c1cccc(NC(=O)Nc2cccc3ccccc23)c1. The molecule has 0 unspecified atom stereocenters. The first-order chi connectivity index (χ1) is 11.7. The number of anilines is 2. The van der Waals surface area contributed by atoms with Gasteiger partial charge in [0.15, 0.2) is 0 Å². The number of hydrogen-bond acceptors (Lipinski definition) is 3. The van der Waals surface area contributed by atoms with Gasteiger partial charge in [-0.1, -0.05) is 42.5 Å². The smallest absolute Gasteiger partial charge is 0.337 e. The highest BCUT2D eigenvalue weighted by Gasteiger charge is 2.09. The van der Waals surface area contributed by atoms with E-state index in [-0.39, 0.29) is 6.03 Å². The van der Waals surface area contributed by atoms with E-state index in [0.29, 0.717) is 11.3 Å². The Labute approximate surface area is 139 Å². The van der Waals surface area contributed by atoms with Crippen molar-refractivity contribution in [2.45, 2.75) is 0 Å². The third-order valence-electron chi connectivity index (χ3n) is 3.58. The van der Waals surface area contributed by atoms with E-state index in [1.54, 1.807) is 24.3 Å². The number of amides is 2. The summed E-state index contributed by atoms with van der Waals surface area (Å²) >= 11 is 0. The van der Waals surface area contributed by atoms with Crippen LogP contribution in [0.25, 0.3) is 10.8 Å². The van der Waals surface area contributed by atoms with Crippen LogP contribution in [0.1, 0.15) is 10.4 Å². The second kappa shape index (κ2) is 6.83. The molecule has 5 heteroatoms. The van der Waals surface area contributed by atoms with Crippen molar-refractivity contribution in [2.24, 2.45) is 0 Å². The van der Waals surface area contributed by atoms with E-state index in [1.165, 1.54) is 7.11 Å². The maximum atomic E-state index is 12.2. The molecule has 5 nitrogen and oxygen atoms in total. The van der Waals surface area contributed by atoms with Gasteiger partial charge in [0.1, 0.15) is 0 Å². The quantitative estimate of drug-likeness (QED) is 0.708. The molecule has 0 atom stereocenters. The largest absolute Gasteiger partial charge is 0.465 e. The van der Waals surface area contributed by atoms with Crippen molar-refractivity contribution in [1.82, 2.24) is 0 Å². The highest BCUT2D eigenvalue weighted by Crippen LogP contribution is 2.23. The first kappa shape index (κ1) is 15.6. The molecule has 0 aliphatic carbocycles. The topological polar surface area (TPSA) is 67.4 Å². The molecule has 0 radical (unpaired) electrons. The summed E-state index contributed by atoms with van der Waals surface area (Å²) in [6.07, 6.45) is 0. The first-order valence-corrected chi connectivity index (χ1v) is 7.41. The number of methoxy groups -OCH3 is 1. The number of fused-ring (bicyclic) bond motifs is 1. The summed E-state index contributed by atoms with van der Waals surface area (Å²) in [4.78, 5) is 23.8. The number of urea groups is 1. The Morgan fingerprint density at radius 2 is 1.62 bits per heavy atom. The fourth-order valence-electron chi connectivity index (χ4n) is 2.46. The van der Waals surface area contributed by atoms with Crippen LogP contribution in [0, 0.1) is 0 Å². The number of carbonyl (C=O) groups is 2. The highest BCUT2D eigenvalue weighted by atomic mass is 16.5. The minimum absolute atomic E-state index is 0.375. The Balaban J connectivity index is 1.77. The maximum Gasteiger partial charge on any atom is 0.337 e. The van der Waals surface area contributed by atoms with E-state index in [9.17, 15) is 9.59 Å². The van der Waals surface area contributed by atoms with Crippen LogP contribution in [0.4, 0.5) is 16.2 Å². The molecule has 0 fully saturated rings. The predicted molar refractivity (Wildman–Crippen MR) is 94.4 cm³/mol. The number of esters is 1.